The minimum atomic E-state index is 0.129. The zero-order valence-electron chi connectivity index (χ0n) is 17.2. The minimum absolute atomic E-state index is 0.129. The maximum atomic E-state index is 10.7. The van der Waals surface area contributed by atoms with Crippen LogP contribution in [0, 0.1) is 0 Å². The zero-order chi connectivity index (χ0) is 20.8. The molecule has 5 nitrogen and oxygen atoms in total. The fourth-order valence-corrected chi connectivity index (χ4v) is 5.01. The minimum Gasteiger partial charge on any atom is -0.504 e. The van der Waals surface area contributed by atoms with E-state index < -0.39 is 0 Å². The van der Waals surface area contributed by atoms with E-state index in [4.69, 9.17) is 9.47 Å². The second kappa shape index (κ2) is 7.26. The molecule has 5 heteroatoms. The van der Waals surface area contributed by atoms with Crippen molar-refractivity contribution in [2.75, 3.05) is 20.8 Å². The maximum Gasteiger partial charge on any atom is 0.168 e. The highest BCUT2D eigenvalue weighted by Gasteiger charge is 2.37. The van der Waals surface area contributed by atoms with Gasteiger partial charge in [-0.2, -0.15) is 0 Å². The number of phenolic OH excluding ortho intramolecular Hbond substituents is 2. The Morgan fingerprint density at radius 1 is 0.967 bits per heavy atom. The van der Waals surface area contributed by atoms with E-state index in [1.54, 1.807) is 20.3 Å². The molecule has 2 N–H and O–H groups in total. The molecular formula is C25H25NO4. The van der Waals surface area contributed by atoms with Crippen molar-refractivity contribution in [2.45, 2.75) is 25.4 Å². The predicted octanol–water partition coefficient (Wildman–Crippen LogP) is 4.44. The van der Waals surface area contributed by atoms with Crippen molar-refractivity contribution in [3.63, 3.8) is 0 Å². The second-order valence-electron chi connectivity index (χ2n) is 7.98. The molecule has 0 saturated heterocycles. The molecule has 0 aromatic heterocycles. The van der Waals surface area contributed by atoms with Gasteiger partial charge in [0.05, 0.1) is 14.2 Å². The summed E-state index contributed by atoms with van der Waals surface area (Å²) in [5.41, 5.74) is 6.54. The first-order valence-electron chi connectivity index (χ1n) is 10.2. The van der Waals surface area contributed by atoms with Gasteiger partial charge in [-0.25, -0.2) is 0 Å². The molecule has 154 valence electrons. The molecule has 0 unspecified atom stereocenters. The third-order valence-corrected chi connectivity index (χ3v) is 6.35. The molecule has 0 bridgehead atoms. The quantitative estimate of drug-likeness (QED) is 0.675. The van der Waals surface area contributed by atoms with Crippen LogP contribution in [-0.2, 0) is 19.4 Å². The summed E-state index contributed by atoms with van der Waals surface area (Å²) in [6, 6.07) is 16.1. The van der Waals surface area contributed by atoms with Gasteiger partial charge in [-0.1, -0.05) is 30.3 Å². The standard InChI is InChI=1S/C25H25NO4/c1-29-22-13-18-17(12-20(22)27)10-19-23-16(11-21(28)25(30-2)24(18)23)8-9-26(19)14-15-6-4-3-5-7-15/h3-7,11-13,19,27-28H,8-10,14H2,1-2H3/t19-/m0/s1. The largest absolute Gasteiger partial charge is 0.504 e. The molecule has 1 aliphatic heterocycles. The van der Waals surface area contributed by atoms with Crippen LogP contribution in [0.2, 0.25) is 0 Å². The van der Waals surface area contributed by atoms with Crippen LogP contribution >= 0.6 is 0 Å². The summed E-state index contributed by atoms with van der Waals surface area (Å²) in [5, 5.41) is 21.1. The molecule has 1 heterocycles. The Morgan fingerprint density at radius 3 is 2.47 bits per heavy atom. The van der Waals surface area contributed by atoms with E-state index in [2.05, 4.69) is 29.2 Å². The van der Waals surface area contributed by atoms with E-state index in [-0.39, 0.29) is 17.5 Å². The van der Waals surface area contributed by atoms with Gasteiger partial charge in [0.15, 0.2) is 23.0 Å². The molecule has 30 heavy (non-hydrogen) atoms. The Balaban J connectivity index is 1.70. The first-order chi connectivity index (χ1) is 14.6. The Hall–Kier alpha value is -3.18. The number of aromatic hydroxyl groups is 2. The van der Waals surface area contributed by atoms with Gasteiger partial charge in [0.2, 0.25) is 0 Å². The number of ether oxygens (including phenoxy) is 2. The van der Waals surface area contributed by atoms with Gasteiger partial charge in [-0.15, -0.1) is 0 Å². The van der Waals surface area contributed by atoms with Crippen LogP contribution in [0.5, 0.6) is 23.0 Å². The van der Waals surface area contributed by atoms with Crippen molar-refractivity contribution in [3.05, 3.63) is 70.8 Å². The molecular weight excluding hydrogens is 378 g/mol. The van der Waals surface area contributed by atoms with E-state index in [0.29, 0.717) is 11.5 Å². The van der Waals surface area contributed by atoms with Crippen molar-refractivity contribution in [1.29, 1.82) is 0 Å². The highest BCUT2D eigenvalue weighted by molar-refractivity contribution is 5.84. The lowest BCUT2D eigenvalue weighted by atomic mass is 9.76. The molecule has 0 saturated carbocycles. The lowest BCUT2D eigenvalue weighted by Crippen LogP contribution is -2.38. The first-order valence-corrected chi connectivity index (χ1v) is 10.2. The van der Waals surface area contributed by atoms with Crippen LogP contribution in [0.1, 0.15) is 28.3 Å². The van der Waals surface area contributed by atoms with Crippen LogP contribution in [-0.4, -0.2) is 35.9 Å². The Kier molecular flexibility index (Phi) is 4.55. The summed E-state index contributed by atoms with van der Waals surface area (Å²) in [7, 11) is 3.13. The Bertz CT molecular complexity index is 1110. The molecule has 2 aliphatic rings. The number of phenols is 2. The van der Waals surface area contributed by atoms with Gasteiger partial charge in [-0.05, 0) is 58.9 Å². The fourth-order valence-electron chi connectivity index (χ4n) is 5.01. The van der Waals surface area contributed by atoms with Gasteiger partial charge < -0.3 is 19.7 Å². The van der Waals surface area contributed by atoms with Crippen LogP contribution in [0.3, 0.4) is 0 Å². The highest BCUT2D eigenvalue weighted by Crippen LogP contribution is 2.54. The molecule has 3 aromatic carbocycles. The monoisotopic (exact) mass is 403 g/mol. The van der Waals surface area contributed by atoms with Gasteiger partial charge in [-0.3, -0.25) is 4.90 Å². The summed E-state index contributed by atoms with van der Waals surface area (Å²) in [6.07, 6.45) is 1.65. The van der Waals surface area contributed by atoms with Crippen LogP contribution < -0.4 is 9.47 Å². The third kappa shape index (κ3) is 2.89. The maximum absolute atomic E-state index is 10.7. The summed E-state index contributed by atoms with van der Waals surface area (Å²) in [4.78, 5) is 2.49. The van der Waals surface area contributed by atoms with Crippen molar-refractivity contribution >= 4 is 0 Å². The molecule has 0 amide bonds. The predicted molar refractivity (Wildman–Crippen MR) is 115 cm³/mol. The summed E-state index contributed by atoms with van der Waals surface area (Å²) < 4.78 is 11.0. The normalized spacial score (nSPS) is 17.2. The van der Waals surface area contributed by atoms with E-state index >= 15 is 0 Å². The summed E-state index contributed by atoms with van der Waals surface area (Å²) in [6.45, 7) is 1.76. The van der Waals surface area contributed by atoms with E-state index in [1.165, 1.54) is 11.1 Å². The summed E-state index contributed by atoms with van der Waals surface area (Å²) in [5.74, 6) is 1.18. The van der Waals surface area contributed by atoms with Crippen LogP contribution in [0.15, 0.2) is 48.5 Å². The molecule has 0 radical (unpaired) electrons. The van der Waals surface area contributed by atoms with Gasteiger partial charge in [0.1, 0.15) is 0 Å². The van der Waals surface area contributed by atoms with Gasteiger partial charge in [0, 0.05) is 24.7 Å². The van der Waals surface area contributed by atoms with Crippen molar-refractivity contribution in [1.82, 2.24) is 4.90 Å². The van der Waals surface area contributed by atoms with E-state index in [0.717, 1.165) is 48.2 Å². The lowest BCUT2D eigenvalue weighted by Gasteiger charge is -2.42. The summed E-state index contributed by atoms with van der Waals surface area (Å²) >= 11 is 0. The van der Waals surface area contributed by atoms with Crippen LogP contribution in [0.4, 0.5) is 0 Å². The van der Waals surface area contributed by atoms with Gasteiger partial charge >= 0.3 is 0 Å². The second-order valence-corrected chi connectivity index (χ2v) is 7.98. The first kappa shape index (κ1) is 18.8. The number of hydrogen-bond acceptors (Lipinski definition) is 5. The lowest BCUT2D eigenvalue weighted by molar-refractivity contribution is 0.173. The van der Waals surface area contributed by atoms with Crippen molar-refractivity contribution in [3.8, 4) is 34.1 Å². The van der Waals surface area contributed by atoms with Crippen molar-refractivity contribution in [2.24, 2.45) is 0 Å². The Morgan fingerprint density at radius 2 is 1.73 bits per heavy atom. The number of nitrogens with zero attached hydrogens (tertiary/aromatic N) is 1. The molecule has 3 aromatic rings. The number of hydrogen-bond donors (Lipinski definition) is 2. The molecule has 1 aliphatic carbocycles. The van der Waals surface area contributed by atoms with Gasteiger partial charge in [0.25, 0.3) is 0 Å². The molecule has 1 atom stereocenters. The Labute approximate surface area is 176 Å². The number of rotatable bonds is 4. The fraction of sp³-hybridized carbons (Fsp3) is 0.280. The number of benzene rings is 3. The number of fused-ring (bicyclic) bond motifs is 2. The molecule has 0 spiro atoms. The topological polar surface area (TPSA) is 62.2 Å². The van der Waals surface area contributed by atoms with Crippen LogP contribution in [0.25, 0.3) is 11.1 Å². The molecule has 5 rings (SSSR count). The van der Waals surface area contributed by atoms with Crippen molar-refractivity contribution < 1.29 is 19.7 Å². The average molecular weight is 403 g/mol. The average Bonchev–Trinajstić information content (AvgIpc) is 2.75. The van der Waals surface area contributed by atoms with E-state index in [9.17, 15) is 10.2 Å². The highest BCUT2D eigenvalue weighted by atomic mass is 16.5. The third-order valence-electron chi connectivity index (χ3n) is 6.35. The number of methoxy groups -OCH3 is 2. The molecule has 0 fully saturated rings. The smallest absolute Gasteiger partial charge is 0.168 e. The zero-order valence-corrected chi connectivity index (χ0v) is 17.2. The SMILES string of the molecule is COc1cc2c(cc1O)C[C@H]1c3c(cc(O)c(OC)c3-2)CCN1Cc1ccccc1. The van der Waals surface area contributed by atoms with E-state index in [1.807, 2.05) is 18.2 Å².